The van der Waals surface area contributed by atoms with Gasteiger partial charge >= 0.3 is 0 Å². The van der Waals surface area contributed by atoms with E-state index in [2.05, 4.69) is 25.9 Å². The maximum Gasteiger partial charge on any atom is 0.188 e. The average molecular weight is 776 g/mol. The van der Waals surface area contributed by atoms with Gasteiger partial charge in [-0.05, 0) is 64.5 Å². The average Bonchev–Trinajstić information content (AvgIpc) is 2.91. The Morgan fingerprint density at radius 1 is 0.462 bits per heavy atom. The Hall–Kier alpha value is -0.0400. The summed E-state index contributed by atoms with van der Waals surface area (Å²) in [5.41, 5.74) is 12.1. The molecule has 0 aromatic rings. The molecule has 7 nitrogen and oxygen atoms in total. The topological polar surface area (TPSA) is 113 Å². The highest BCUT2D eigenvalue weighted by Crippen LogP contribution is 2.20. The van der Waals surface area contributed by atoms with Gasteiger partial charge in [-0.1, -0.05) is 89.9 Å². The minimum atomic E-state index is 0. The number of hydrogen-bond donors (Lipinski definition) is 5. The summed E-state index contributed by atoms with van der Waals surface area (Å²) in [6, 6.07) is 0.925. The summed E-state index contributed by atoms with van der Waals surface area (Å²) in [6.45, 7) is 4.27. The predicted octanol–water partition coefficient (Wildman–Crippen LogP) is 6.97. The van der Waals surface area contributed by atoms with Crippen LogP contribution < -0.4 is 27.4 Å². The summed E-state index contributed by atoms with van der Waals surface area (Å²) in [5.74, 6) is 1.32. The number of rotatable bonds is 20. The zero-order chi connectivity index (χ0) is 26.2. The van der Waals surface area contributed by atoms with Gasteiger partial charge in [0.05, 0.1) is 12.1 Å². The Balaban J connectivity index is 0.00000722. The first-order chi connectivity index (χ1) is 18.2. The number of guanidine groups is 2. The quantitative estimate of drug-likeness (QED) is 0.0398. The molecule has 232 valence electrons. The number of halogens is 2. The summed E-state index contributed by atoms with van der Waals surface area (Å²) in [6.07, 6.45) is 28.4. The van der Waals surface area contributed by atoms with Crippen LogP contribution in [0.25, 0.3) is 0 Å². The maximum absolute atomic E-state index is 6.03. The molecule has 0 amide bonds. The van der Waals surface area contributed by atoms with Gasteiger partial charge < -0.3 is 27.4 Å². The Morgan fingerprint density at radius 3 is 1.13 bits per heavy atom. The number of unbranched alkanes of at least 4 members (excludes halogenated alkanes) is 10. The van der Waals surface area contributed by atoms with Gasteiger partial charge in [0.15, 0.2) is 11.9 Å². The molecular formula is C30H63I2N7. The minimum Gasteiger partial charge on any atom is -0.370 e. The Morgan fingerprint density at radius 2 is 0.769 bits per heavy atom. The number of aliphatic imine (C=N–C) groups is 2. The first-order valence-corrected chi connectivity index (χ1v) is 16.1. The van der Waals surface area contributed by atoms with Gasteiger partial charge in [-0.25, -0.2) is 0 Å². The van der Waals surface area contributed by atoms with E-state index in [4.69, 9.17) is 11.5 Å². The van der Waals surface area contributed by atoms with E-state index in [1.54, 1.807) is 0 Å². The largest absolute Gasteiger partial charge is 0.370 e. The Kier molecular flexibility index (Phi) is 28.1. The fourth-order valence-corrected chi connectivity index (χ4v) is 5.63. The second-order valence-corrected chi connectivity index (χ2v) is 11.5. The van der Waals surface area contributed by atoms with Gasteiger partial charge in [0, 0.05) is 13.1 Å². The Labute approximate surface area is 275 Å². The van der Waals surface area contributed by atoms with E-state index < -0.39 is 0 Å². The molecule has 0 aromatic heterocycles. The van der Waals surface area contributed by atoms with Crippen LogP contribution in [0.1, 0.15) is 141 Å². The third kappa shape index (κ3) is 23.2. The first kappa shape index (κ1) is 39.0. The van der Waals surface area contributed by atoms with Crippen molar-refractivity contribution in [3.63, 3.8) is 0 Å². The highest BCUT2D eigenvalue weighted by atomic mass is 127. The zero-order valence-electron chi connectivity index (χ0n) is 24.9. The van der Waals surface area contributed by atoms with Gasteiger partial charge in [-0.2, -0.15) is 0 Å². The van der Waals surface area contributed by atoms with Crippen LogP contribution in [0, 0.1) is 0 Å². The molecule has 2 aliphatic carbocycles. The lowest BCUT2D eigenvalue weighted by Crippen LogP contribution is -2.34. The maximum atomic E-state index is 6.03. The monoisotopic (exact) mass is 775 g/mol. The molecule has 2 rings (SSSR count). The van der Waals surface area contributed by atoms with Crippen molar-refractivity contribution in [2.24, 2.45) is 21.5 Å². The number of hydrogen-bond acceptors (Lipinski definition) is 3. The molecule has 0 unspecified atom stereocenters. The van der Waals surface area contributed by atoms with E-state index in [1.807, 2.05) is 0 Å². The summed E-state index contributed by atoms with van der Waals surface area (Å²) in [7, 11) is 0. The molecule has 2 saturated carbocycles. The SMILES string of the molecule is I.I.NC(=NC1CCCCC1)NCCCCCCCCNCCCCCCCCNC(N)=NC1CCCCC1. The van der Waals surface area contributed by atoms with Crippen LogP contribution in [0.2, 0.25) is 0 Å². The summed E-state index contributed by atoms with van der Waals surface area (Å²) < 4.78 is 0. The van der Waals surface area contributed by atoms with Gasteiger partial charge in [0.2, 0.25) is 0 Å². The second kappa shape index (κ2) is 28.1. The van der Waals surface area contributed by atoms with E-state index in [0.717, 1.165) is 13.1 Å². The van der Waals surface area contributed by atoms with E-state index in [1.165, 1.54) is 154 Å². The molecule has 9 heteroatoms. The van der Waals surface area contributed by atoms with E-state index in [-0.39, 0.29) is 48.0 Å². The number of nitrogens with zero attached hydrogens (tertiary/aromatic N) is 2. The number of nitrogens with one attached hydrogen (secondary N) is 3. The van der Waals surface area contributed by atoms with E-state index in [9.17, 15) is 0 Å². The molecule has 0 spiro atoms. The number of nitrogens with two attached hydrogens (primary N) is 2. The van der Waals surface area contributed by atoms with Crippen LogP contribution in [-0.4, -0.2) is 50.2 Å². The zero-order valence-corrected chi connectivity index (χ0v) is 29.6. The van der Waals surface area contributed by atoms with Crippen LogP contribution in [-0.2, 0) is 0 Å². The summed E-state index contributed by atoms with van der Waals surface area (Å²) in [4.78, 5) is 9.27. The van der Waals surface area contributed by atoms with Crippen LogP contribution in [0.3, 0.4) is 0 Å². The van der Waals surface area contributed by atoms with Crippen LogP contribution in [0.4, 0.5) is 0 Å². The van der Waals surface area contributed by atoms with E-state index in [0.29, 0.717) is 24.0 Å². The third-order valence-corrected chi connectivity index (χ3v) is 7.97. The fourth-order valence-electron chi connectivity index (χ4n) is 5.63. The van der Waals surface area contributed by atoms with Crippen LogP contribution in [0.15, 0.2) is 9.98 Å². The molecule has 2 fully saturated rings. The predicted molar refractivity (Wildman–Crippen MR) is 192 cm³/mol. The van der Waals surface area contributed by atoms with Crippen molar-refractivity contribution in [1.82, 2.24) is 16.0 Å². The van der Waals surface area contributed by atoms with Gasteiger partial charge in [-0.15, -0.1) is 48.0 Å². The molecule has 0 atom stereocenters. The highest BCUT2D eigenvalue weighted by molar-refractivity contribution is 14.0. The summed E-state index contributed by atoms with van der Waals surface area (Å²) >= 11 is 0. The van der Waals surface area contributed by atoms with Crippen molar-refractivity contribution < 1.29 is 0 Å². The lowest BCUT2D eigenvalue weighted by Gasteiger charge is -2.18. The van der Waals surface area contributed by atoms with Crippen molar-refractivity contribution in [2.45, 2.75) is 153 Å². The highest BCUT2D eigenvalue weighted by Gasteiger charge is 2.13. The van der Waals surface area contributed by atoms with Crippen molar-refractivity contribution >= 4 is 59.9 Å². The molecule has 0 bridgehead atoms. The molecule has 7 N–H and O–H groups in total. The summed E-state index contributed by atoms with van der Waals surface area (Å²) in [5, 5.41) is 10.2. The lowest BCUT2D eigenvalue weighted by molar-refractivity contribution is 0.442. The van der Waals surface area contributed by atoms with Crippen LogP contribution >= 0.6 is 48.0 Å². The molecule has 0 aromatic carbocycles. The van der Waals surface area contributed by atoms with Gasteiger partial charge in [-0.3, -0.25) is 9.98 Å². The first-order valence-electron chi connectivity index (χ1n) is 16.1. The molecule has 0 aliphatic heterocycles. The third-order valence-electron chi connectivity index (χ3n) is 7.97. The fraction of sp³-hybridized carbons (Fsp3) is 0.933. The molecular weight excluding hydrogens is 712 g/mol. The van der Waals surface area contributed by atoms with Crippen molar-refractivity contribution in [3.05, 3.63) is 0 Å². The molecule has 2 aliphatic rings. The molecule has 0 heterocycles. The van der Waals surface area contributed by atoms with Gasteiger partial charge in [0.25, 0.3) is 0 Å². The van der Waals surface area contributed by atoms with Crippen LogP contribution in [0.5, 0.6) is 0 Å². The normalized spacial score (nSPS) is 17.3. The van der Waals surface area contributed by atoms with E-state index >= 15 is 0 Å². The van der Waals surface area contributed by atoms with Crippen molar-refractivity contribution in [1.29, 1.82) is 0 Å². The van der Waals surface area contributed by atoms with Crippen molar-refractivity contribution in [2.75, 3.05) is 26.2 Å². The Bertz CT molecular complexity index is 542. The van der Waals surface area contributed by atoms with Gasteiger partial charge in [0.1, 0.15) is 0 Å². The smallest absolute Gasteiger partial charge is 0.188 e. The minimum absolute atomic E-state index is 0. The van der Waals surface area contributed by atoms with Crippen molar-refractivity contribution in [3.8, 4) is 0 Å². The lowest BCUT2D eigenvalue weighted by atomic mass is 9.96. The molecule has 39 heavy (non-hydrogen) atoms. The molecule has 0 saturated heterocycles. The second-order valence-electron chi connectivity index (χ2n) is 11.5. The molecule has 0 radical (unpaired) electrons. The standard InChI is InChI=1S/C30H61N7.2HI/c31-29(36-27-19-11-9-12-20-27)34-25-17-7-3-1-5-15-23-33-24-16-6-2-4-8-18-26-35-30(32)37-28-21-13-10-14-22-28;;/h27-28,33H,1-26H2,(H3,31,34,36)(H3,32,35,37);2*1H.